The molecular weight excluding hydrogens is 442 g/mol. The van der Waals surface area contributed by atoms with Crippen molar-refractivity contribution in [2.45, 2.75) is 49.7 Å². The van der Waals surface area contributed by atoms with Gasteiger partial charge in [0.25, 0.3) is 0 Å². The Kier molecular flexibility index (Phi) is 6.45. The number of amides is 2. The number of ether oxygens (including phenoxy) is 2. The van der Waals surface area contributed by atoms with E-state index in [1.807, 2.05) is 17.0 Å². The van der Waals surface area contributed by atoms with E-state index in [4.69, 9.17) is 9.47 Å². The Morgan fingerprint density at radius 1 is 0.971 bits per heavy atom. The van der Waals surface area contributed by atoms with Crippen LogP contribution in [-0.2, 0) is 16.0 Å². The fourth-order valence-electron chi connectivity index (χ4n) is 5.75. The fourth-order valence-corrected chi connectivity index (χ4v) is 5.75. The Hall–Kier alpha value is -3.06. The SMILES string of the molecule is COC(=O)N1CCC2(CC1)C(=O)N(CCc1ccc(OC)cc1)C(c1ccc(C3CC3)cc1)N2C. The number of hydrogen-bond acceptors (Lipinski definition) is 5. The van der Waals surface area contributed by atoms with Gasteiger partial charge in [-0.25, -0.2) is 4.79 Å². The first kappa shape index (κ1) is 23.7. The van der Waals surface area contributed by atoms with Gasteiger partial charge >= 0.3 is 6.09 Å². The first-order chi connectivity index (χ1) is 17.0. The molecular formula is C28H35N3O4. The zero-order valence-corrected chi connectivity index (χ0v) is 20.9. The minimum absolute atomic E-state index is 0.126. The van der Waals surface area contributed by atoms with E-state index in [1.165, 1.54) is 31.1 Å². The van der Waals surface area contributed by atoms with Crippen molar-refractivity contribution in [1.29, 1.82) is 0 Å². The molecule has 0 N–H and O–H groups in total. The van der Waals surface area contributed by atoms with Crippen LogP contribution >= 0.6 is 0 Å². The Labute approximate surface area is 207 Å². The van der Waals surface area contributed by atoms with Crippen molar-refractivity contribution < 1.29 is 19.1 Å². The highest BCUT2D eigenvalue weighted by molar-refractivity contribution is 5.89. The summed E-state index contributed by atoms with van der Waals surface area (Å²) in [7, 11) is 5.14. The van der Waals surface area contributed by atoms with Crippen LogP contribution in [0.2, 0.25) is 0 Å². The van der Waals surface area contributed by atoms with Gasteiger partial charge in [0.15, 0.2) is 0 Å². The van der Waals surface area contributed by atoms with Crippen LogP contribution in [0.15, 0.2) is 48.5 Å². The van der Waals surface area contributed by atoms with E-state index in [0.29, 0.717) is 38.4 Å². The quantitative estimate of drug-likeness (QED) is 0.624. The molecule has 3 fully saturated rings. The van der Waals surface area contributed by atoms with Gasteiger partial charge in [0.1, 0.15) is 17.5 Å². The molecule has 1 saturated carbocycles. The van der Waals surface area contributed by atoms with Crippen LogP contribution in [0, 0.1) is 0 Å². The molecule has 0 bridgehead atoms. The van der Waals surface area contributed by atoms with Gasteiger partial charge in [-0.15, -0.1) is 0 Å². The van der Waals surface area contributed by atoms with Gasteiger partial charge < -0.3 is 19.3 Å². The highest BCUT2D eigenvalue weighted by Gasteiger charge is 2.57. The minimum atomic E-state index is -0.607. The standard InChI is InChI=1S/C28H35N3O4/c1-29-25(23-10-8-22(9-11-23)21-6-7-21)31(17-14-20-4-12-24(34-2)13-5-20)26(32)28(29)15-18-30(19-16-28)27(33)35-3/h4-5,8-13,21,25H,6-7,14-19H2,1-3H3. The lowest BCUT2D eigenvalue weighted by molar-refractivity contribution is -0.135. The van der Waals surface area contributed by atoms with E-state index >= 15 is 0 Å². The number of likely N-dealkylation sites (N-methyl/N-ethyl adjacent to an activating group) is 1. The first-order valence-corrected chi connectivity index (χ1v) is 12.6. The van der Waals surface area contributed by atoms with Gasteiger partial charge in [0, 0.05) is 19.6 Å². The smallest absolute Gasteiger partial charge is 0.409 e. The third-order valence-corrected chi connectivity index (χ3v) is 8.10. The summed E-state index contributed by atoms with van der Waals surface area (Å²) in [6.07, 6.45) is 4.07. The molecule has 2 saturated heterocycles. The van der Waals surface area contributed by atoms with Crippen LogP contribution in [0.5, 0.6) is 5.75 Å². The fraction of sp³-hybridized carbons (Fsp3) is 0.500. The Morgan fingerprint density at radius 3 is 2.17 bits per heavy atom. The summed E-state index contributed by atoms with van der Waals surface area (Å²) in [5.74, 6) is 1.69. The summed E-state index contributed by atoms with van der Waals surface area (Å²) in [6.45, 7) is 1.66. The molecule has 1 spiro atoms. The molecule has 1 unspecified atom stereocenters. The Balaban J connectivity index is 1.40. The normalized spacial score (nSPS) is 22.0. The maximum Gasteiger partial charge on any atom is 0.409 e. The van der Waals surface area contributed by atoms with Gasteiger partial charge in [-0.05, 0) is 73.9 Å². The van der Waals surface area contributed by atoms with Crippen molar-refractivity contribution in [2.24, 2.45) is 0 Å². The van der Waals surface area contributed by atoms with E-state index in [0.717, 1.165) is 17.7 Å². The number of rotatable bonds is 6. The van der Waals surface area contributed by atoms with E-state index < -0.39 is 5.54 Å². The second-order valence-corrected chi connectivity index (χ2v) is 10.0. The zero-order valence-electron chi connectivity index (χ0n) is 20.9. The van der Waals surface area contributed by atoms with Gasteiger partial charge in [-0.3, -0.25) is 9.69 Å². The lowest BCUT2D eigenvalue weighted by Crippen LogP contribution is -2.56. The molecule has 7 nitrogen and oxygen atoms in total. The van der Waals surface area contributed by atoms with Crippen molar-refractivity contribution in [3.63, 3.8) is 0 Å². The van der Waals surface area contributed by atoms with Crippen LogP contribution in [0.4, 0.5) is 4.79 Å². The molecule has 2 aromatic rings. The van der Waals surface area contributed by atoms with E-state index in [2.05, 4.69) is 48.3 Å². The minimum Gasteiger partial charge on any atom is -0.497 e. The molecule has 5 rings (SSSR count). The van der Waals surface area contributed by atoms with E-state index in [-0.39, 0.29) is 18.2 Å². The number of hydrogen-bond donors (Lipinski definition) is 0. The Morgan fingerprint density at radius 2 is 1.60 bits per heavy atom. The molecule has 2 aromatic carbocycles. The number of likely N-dealkylation sites (tertiary alicyclic amines) is 1. The molecule has 0 aromatic heterocycles. The second kappa shape index (κ2) is 9.53. The molecule has 186 valence electrons. The monoisotopic (exact) mass is 477 g/mol. The second-order valence-electron chi connectivity index (χ2n) is 10.0. The van der Waals surface area contributed by atoms with Gasteiger partial charge in [-0.1, -0.05) is 36.4 Å². The van der Waals surface area contributed by atoms with Crippen molar-refractivity contribution in [2.75, 3.05) is 40.9 Å². The molecule has 3 aliphatic rings. The summed E-state index contributed by atoms with van der Waals surface area (Å²) in [4.78, 5) is 32.1. The number of carbonyl (C=O) groups is 2. The first-order valence-electron chi connectivity index (χ1n) is 12.6. The maximum atomic E-state index is 14.1. The van der Waals surface area contributed by atoms with Crippen LogP contribution in [0.25, 0.3) is 0 Å². The average molecular weight is 478 g/mol. The summed E-state index contributed by atoms with van der Waals surface area (Å²) in [6, 6.07) is 16.9. The zero-order chi connectivity index (χ0) is 24.6. The highest BCUT2D eigenvalue weighted by atomic mass is 16.5. The molecule has 35 heavy (non-hydrogen) atoms. The lowest BCUT2D eigenvalue weighted by Gasteiger charge is -2.41. The number of nitrogens with zero attached hydrogens (tertiary/aromatic N) is 3. The molecule has 1 aliphatic carbocycles. The molecule has 2 heterocycles. The molecule has 2 aliphatic heterocycles. The summed E-state index contributed by atoms with van der Waals surface area (Å²) in [5, 5.41) is 0. The summed E-state index contributed by atoms with van der Waals surface area (Å²) in [5.41, 5.74) is 3.11. The van der Waals surface area contributed by atoms with Crippen molar-refractivity contribution >= 4 is 12.0 Å². The van der Waals surface area contributed by atoms with Crippen LogP contribution in [0.3, 0.4) is 0 Å². The van der Waals surface area contributed by atoms with Crippen LogP contribution in [-0.4, -0.2) is 73.1 Å². The number of benzene rings is 2. The molecule has 7 heteroatoms. The van der Waals surface area contributed by atoms with Gasteiger partial charge in [-0.2, -0.15) is 0 Å². The van der Waals surface area contributed by atoms with Crippen molar-refractivity contribution in [3.05, 3.63) is 65.2 Å². The molecule has 0 radical (unpaired) electrons. The number of methoxy groups -OCH3 is 2. The van der Waals surface area contributed by atoms with E-state index in [1.54, 1.807) is 12.0 Å². The largest absolute Gasteiger partial charge is 0.497 e. The van der Waals surface area contributed by atoms with E-state index in [9.17, 15) is 9.59 Å². The highest BCUT2D eigenvalue weighted by Crippen LogP contribution is 2.46. The van der Waals surface area contributed by atoms with Gasteiger partial charge in [0.05, 0.1) is 14.2 Å². The van der Waals surface area contributed by atoms with Crippen LogP contribution < -0.4 is 4.74 Å². The number of piperidine rings is 1. The van der Waals surface area contributed by atoms with Crippen LogP contribution in [0.1, 0.15) is 54.5 Å². The summed E-state index contributed by atoms with van der Waals surface area (Å²) < 4.78 is 10.2. The van der Waals surface area contributed by atoms with Crippen molar-refractivity contribution in [3.8, 4) is 5.75 Å². The molecule has 1 atom stereocenters. The average Bonchev–Trinajstić information content (AvgIpc) is 3.73. The Bertz CT molecular complexity index is 1060. The predicted molar refractivity (Wildman–Crippen MR) is 133 cm³/mol. The van der Waals surface area contributed by atoms with Crippen molar-refractivity contribution in [1.82, 2.24) is 14.7 Å². The third kappa shape index (κ3) is 4.38. The predicted octanol–water partition coefficient (Wildman–Crippen LogP) is 4.19. The van der Waals surface area contributed by atoms with Gasteiger partial charge in [0.2, 0.25) is 5.91 Å². The topological polar surface area (TPSA) is 62.3 Å². The maximum absolute atomic E-state index is 14.1. The lowest BCUT2D eigenvalue weighted by atomic mass is 9.86. The molecule has 2 amide bonds. The third-order valence-electron chi connectivity index (χ3n) is 8.10. The number of carbonyl (C=O) groups excluding carboxylic acids is 2. The summed E-state index contributed by atoms with van der Waals surface area (Å²) >= 11 is 0.